The summed E-state index contributed by atoms with van der Waals surface area (Å²) in [5, 5.41) is 0. The number of nitrogen functional groups attached to an aromatic ring is 1. The quantitative estimate of drug-likeness (QED) is 0.508. The van der Waals surface area contributed by atoms with E-state index in [1.807, 2.05) is 0 Å². The van der Waals surface area contributed by atoms with Crippen LogP contribution >= 0.6 is 27.5 Å². The van der Waals surface area contributed by atoms with Gasteiger partial charge in [-0.1, -0.05) is 0 Å². The number of hydrogen-bond acceptors (Lipinski definition) is 2. The average Bonchev–Trinajstić information content (AvgIpc) is 2.13. The van der Waals surface area contributed by atoms with Gasteiger partial charge in [-0.25, -0.2) is 4.39 Å². The Morgan fingerprint density at radius 2 is 2.23 bits per heavy atom. The molecular weight excluding hydrogens is 260 g/mol. The third kappa shape index (κ3) is 2.00. The van der Waals surface area contributed by atoms with Crippen LogP contribution in [0.3, 0.4) is 0 Å². The largest absolute Gasteiger partial charge is 0.396 e. The Bertz CT molecular complexity index is 356. The molecule has 0 saturated heterocycles. The van der Waals surface area contributed by atoms with Gasteiger partial charge in [0.15, 0.2) is 11.6 Å². The number of nitrogens with two attached hydrogens (primary N) is 1. The van der Waals surface area contributed by atoms with E-state index in [0.717, 1.165) is 0 Å². The molecule has 0 bridgehead atoms. The second-order valence-electron chi connectivity index (χ2n) is 2.39. The SMILES string of the molecule is Nc1ccc(C(=O)CCl)c(Br)c1F. The minimum absolute atomic E-state index is 0.00185. The predicted octanol–water partition coefficient (Wildman–Crippen LogP) is 2.59. The lowest BCUT2D eigenvalue weighted by molar-refractivity contribution is 0.102. The zero-order valence-corrected chi connectivity index (χ0v) is 8.82. The van der Waals surface area contributed by atoms with Crippen molar-refractivity contribution in [3.63, 3.8) is 0 Å². The monoisotopic (exact) mass is 265 g/mol. The lowest BCUT2D eigenvalue weighted by Gasteiger charge is -2.04. The maximum Gasteiger partial charge on any atom is 0.178 e. The van der Waals surface area contributed by atoms with Crippen LogP contribution in [-0.4, -0.2) is 11.7 Å². The Balaban J connectivity index is 3.26. The second kappa shape index (κ2) is 4.07. The van der Waals surface area contributed by atoms with E-state index in [0.29, 0.717) is 0 Å². The molecule has 0 aliphatic heterocycles. The lowest BCUT2D eigenvalue weighted by atomic mass is 10.1. The molecular formula is C8H6BrClFNO. The molecule has 5 heteroatoms. The van der Waals surface area contributed by atoms with Crippen LogP contribution in [0.4, 0.5) is 10.1 Å². The number of ketones is 1. The molecule has 0 radical (unpaired) electrons. The van der Waals surface area contributed by atoms with Gasteiger partial charge in [-0.05, 0) is 28.1 Å². The zero-order chi connectivity index (χ0) is 10.0. The number of carbonyl (C=O) groups is 1. The van der Waals surface area contributed by atoms with Gasteiger partial charge < -0.3 is 5.73 Å². The summed E-state index contributed by atoms with van der Waals surface area (Å²) in [5.41, 5.74) is 5.49. The molecule has 0 spiro atoms. The maximum absolute atomic E-state index is 13.1. The van der Waals surface area contributed by atoms with Crippen LogP contribution in [0.15, 0.2) is 16.6 Å². The smallest absolute Gasteiger partial charge is 0.178 e. The fourth-order valence-corrected chi connectivity index (χ4v) is 1.58. The van der Waals surface area contributed by atoms with Gasteiger partial charge in [0.25, 0.3) is 0 Å². The number of benzene rings is 1. The fourth-order valence-electron chi connectivity index (χ4n) is 0.852. The minimum atomic E-state index is -0.629. The molecule has 0 aromatic heterocycles. The Hall–Kier alpha value is -0.610. The Kier molecular flexibility index (Phi) is 3.27. The number of rotatable bonds is 2. The van der Waals surface area contributed by atoms with Gasteiger partial charge in [-0.15, -0.1) is 11.6 Å². The zero-order valence-electron chi connectivity index (χ0n) is 6.48. The van der Waals surface area contributed by atoms with E-state index in [1.165, 1.54) is 12.1 Å². The number of alkyl halides is 1. The Morgan fingerprint density at radius 3 is 2.77 bits per heavy atom. The third-order valence-electron chi connectivity index (χ3n) is 1.53. The molecule has 0 heterocycles. The highest BCUT2D eigenvalue weighted by Crippen LogP contribution is 2.25. The van der Waals surface area contributed by atoms with E-state index in [-0.39, 0.29) is 27.4 Å². The van der Waals surface area contributed by atoms with Gasteiger partial charge in [0.1, 0.15) is 0 Å². The van der Waals surface area contributed by atoms with Crippen molar-refractivity contribution >= 4 is 39.0 Å². The van der Waals surface area contributed by atoms with Crippen molar-refractivity contribution in [1.29, 1.82) is 0 Å². The summed E-state index contributed by atoms with van der Waals surface area (Å²) in [5.74, 6) is -1.15. The van der Waals surface area contributed by atoms with Crippen LogP contribution in [0.25, 0.3) is 0 Å². The van der Waals surface area contributed by atoms with E-state index in [4.69, 9.17) is 17.3 Å². The molecule has 70 valence electrons. The van der Waals surface area contributed by atoms with Crippen LogP contribution in [0.1, 0.15) is 10.4 Å². The molecule has 0 saturated carbocycles. The first-order chi connectivity index (χ1) is 6.07. The first-order valence-corrected chi connectivity index (χ1v) is 4.73. The number of Topliss-reactive ketones (excluding diaryl/α,β-unsaturated/α-hetero) is 1. The third-order valence-corrected chi connectivity index (χ3v) is 2.55. The van der Waals surface area contributed by atoms with Crippen LogP contribution in [0, 0.1) is 5.82 Å². The molecule has 13 heavy (non-hydrogen) atoms. The van der Waals surface area contributed by atoms with Crippen molar-refractivity contribution in [2.24, 2.45) is 0 Å². The van der Waals surface area contributed by atoms with E-state index < -0.39 is 5.82 Å². The van der Waals surface area contributed by atoms with Crippen molar-refractivity contribution < 1.29 is 9.18 Å². The van der Waals surface area contributed by atoms with Crippen molar-refractivity contribution in [2.75, 3.05) is 11.6 Å². The predicted molar refractivity (Wildman–Crippen MR) is 53.6 cm³/mol. The van der Waals surface area contributed by atoms with Gasteiger partial charge in [0.2, 0.25) is 0 Å². The standard InChI is InChI=1S/C8H6BrClFNO/c9-7-4(6(13)3-10)1-2-5(12)8(7)11/h1-2H,3,12H2. The van der Waals surface area contributed by atoms with Gasteiger partial charge >= 0.3 is 0 Å². The van der Waals surface area contributed by atoms with Gasteiger partial charge in [0.05, 0.1) is 16.0 Å². The minimum Gasteiger partial charge on any atom is -0.396 e. The molecule has 2 N–H and O–H groups in total. The number of hydrogen-bond donors (Lipinski definition) is 1. The molecule has 0 unspecified atom stereocenters. The second-order valence-corrected chi connectivity index (χ2v) is 3.45. The average molecular weight is 266 g/mol. The molecule has 0 aliphatic carbocycles. The summed E-state index contributed by atoms with van der Waals surface area (Å²) in [6.07, 6.45) is 0. The molecule has 0 amide bonds. The van der Waals surface area contributed by atoms with Gasteiger partial charge in [-0.3, -0.25) is 4.79 Å². The molecule has 2 nitrogen and oxygen atoms in total. The van der Waals surface area contributed by atoms with Gasteiger partial charge in [0, 0.05) is 5.56 Å². The van der Waals surface area contributed by atoms with Gasteiger partial charge in [-0.2, -0.15) is 0 Å². The summed E-state index contributed by atoms with van der Waals surface area (Å²) >= 11 is 8.26. The molecule has 1 aromatic rings. The van der Waals surface area contributed by atoms with Crippen LogP contribution in [0.2, 0.25) is 0 Å². The highest BCUT2D eigenvalue weighted by atomic mass is 79.9. The first kappa shape index (κ1) is 10.5. The summed E-state index contributed by atoms with van der Waals surface area (Å²) in [4.78, 5) is 11.1. The molecule has 1 aromatic carbocycles. The Morgan fingerprint density at radius 1 is 1.62 bits per heavy atom. The van der Waals surface area contributed by atoms with Crippen molar-refractivity contribution in [3.8, 4) is 0 Å². The van der Waals surface area contributed by atoms with Crippen molar-refractivity contribution in [1.82, 2.24) is 0 Å². The number of carbonyl (C=O) groups excluding carboxylic acids is 1. The molecule has 1 rings (SSSR count). The Labute approximate surface area is 88.0 Å². The highest BCUT2D eigenvalue weighted by molar-refractivity contribution is 9.10. The fraction of sp³-hybridized carbons (Fsp3) is 0.125. The van der Waals surface area contributed by atoms with E-state index in [1.54, 1.807) is 0 Å². The summed E-state index contributed by atoms with van der Waals surface area (Å²) in [6, 6.07) is 2.77. The topological polar surface area (TPSA) is 43.1 Å². The number of anilines is 1. The van der Waals surface area contributed by atoms with E-state index in [9.17, 15) is 9.18 Å². The summed E-state index contributed by atoms with van der Waals surface area (Å²) < 4.78 is 13.2. The molecule has 0 fully saturated rings. The van der Waals surface area contributed by atoms with Crippen LogP contribution < -0.4 is 5.73 Å². The van der Waals surface area contributed by atoms with Crippen molar-refractivity contribution in [3.05, 3.63) is 28.0 Å². The summed E-state index contributed by atoms with van der Waals surface area (Å²) in [6.45, 7) is 0. The highest BCUT2D eigenvalue weighted by Gasteiger charge is 2.14. The molecule has 0 aliphatic rings. The van der Waals surface area contributed by atoms with Crippen LogP contribution in [0.5, 0.6) is 0 Å². The lowest BCUT2D eigenvalue weighted by Crippen LogP contribution is -2.04. The summed E-state index contributed by atoms with van der Waals surface area (Å²) in [7, 11) is 0. The maximum atomic E-state index is 13.1. The normalized spacial score (nSPS) is 10.1. The van der Waals surface area contributed by atoms with Crippen molar-refractivity contribution in [2.45, 2.75) is 0 Å². The van der Waals surface area contributed by atoms with Crippen LogP contribution in [-0.2, 0) is 0 Å². The number of halogens is 3. The van der Waals surface area contributed by atoms with E-state index >= 15 is 0 Å². The van der Waals surface area contributed by atoms with E-state index in [2.05, 4.69) is 15.9 Å². The molecule has 0 atom stereocenters. The first-order valence-electron chi connectivity index (χ1n) is 3.40.